The van der Waals surface area contributed by atoms with Crippen molar-refractivity contribution in [1.29, 1.82) is 0 Å². The number of allylic oxidation sites excluding steroid dienone is 2. The molecule has 2 aliphatic carbocycles. The fraction of sp³-hybridized carbons (Fsp3) is 0.111. The summed E-state index contributed by atoms with van der Waals surface area (Å²) in [4.78, 5) is 3.51. The monoisotopic (exact) mass is 576 g/mol. The van der Waals surface area contributed by atoms with Gasteiger partial charge in [0.1, 0.15) is 0 Å². The molecule has 0 amide bonds. The molecule has 0 aromatic heterocycles. The quantitative estimate of drug-likeness (QED) is 0.410. The van der Waals surface area contributed by atoms with Gasteiger partial charge in [0.05, 0.1) is 0 Å². The summed E-state index contributed by atoms with van der Waals surface area (Å²) in [6, 6.07) is 13.8. The van der Waals surface area contributed by atoms with E-state index in [0.717, 1.165) is 0 Å². The summed E-state index contributed by atoms with van der Waals surface area (Å²) in [5.74, 6) is 0. The zero-order valence-electron chi connectivity index (χ0n) is 12.2. The minimum absolute atomic E-state index is 0. The second-order valence-corrected chi connectivity index (χ2v) is 12.2. The third kappa shape index (κ3) is 3.10. The molecule has 5 rings (SSSR count). The van der Waals surface area contributed by atoms with Crippen molar-refractivity contribution in [3.8, 4) is 0 Å². The Labute approximate surface area is 186 Å². The van der Waals surface area contributed by atoms with Crippen LogP contribution in [0.1, 0.15) is 31.9 Å². The Morgan fingerprint density at radius 2 is 1.21 bits per heavy atom. The van der Waals surface area contributed by atoms with Gasteiger partial charge in [-0.25, -0.2) is 0 Å². The number of rotatable bonds is 0. The van der Waals surface area contributed by atoms with Crippen LogP contribution < -0.4 is 24.8 Å². The second kappa shape index (κ2) is 7.37. The Bertz CT molecular complexity index is 823. The van der Waals surface area contributed by atoms with Crippen molar-refractivity contribution in [3.63, 3.8) is 0 Å². The van der Waals surface area contributed by atoms with Gasteiger partial charge in [0.15, 0.2) is 0 Å². The zero-order chi connectivity index (χ0) is 14.8. The van der Waals surface area contributed by atoms with Crippen molar-refractivity contribution in [1.82, 2.24) is 0 Å². The summed E-state index contributed by atoms with van der Waals surface area (Å²) >= 11 is 8.97. The van der Waals surface area contributed by atoms with Crippen LogP contribution in [-0.2, 0) is 23.2 Å². The van der Waals surface area contributed by atoms with Crippen LogP contribution in [0.25, 0.3) is 12.2 Å². The molecule has 0 spiro atoms. The molecule has 120 valence electrons. The fourth-order valence-electron chi connectivity index (χ4n) is 3.26. The minimum Gasteiger partial charge on any atom is -1.00 e. The molecule has 0 fully saturated rings. The van der Waals surface area contributed by atoms with Gasteiger partial charge in [0, 0.05) is 0 Å². The van der Waals surface area contributed by atoms with E-state index < -0.39 is 23.2 Å². The number of alkyl halides is 2. The molecular formula is C18H10Br2Cl2SZr. The van der Waals surface area contributed by atoms with Crippen LogP contribution in [0.2, 0.25) is 0 Å². The topological polar surface area (TPSA) is 0 Å². The van der Waals surface area contributed by atoms with Crippen molar-refractivity contribution >= 4 is 55.8 Å². The van der Waals surface area contributed by atoms with Crippen LogP contribution >= 0.6 is 43.6 Å². The van der Waals surface area contributed by atoms with E-state index in [2.05, 4.69) is 80.4 Å². The van der Waals surface area contributed by atoms with Crippen molar-refractivity contribution in [2.45, 2.75) is 19.4 Å². The van der Waals surface area contributed by atoms with E-state index >= 15 is 0 Å². The smallest absolute Gasteiger partial charge is 1.00 e. The number of hydrogen-bond donors (Lipinski definition) is 0. The fourth-order valence-corrected chi connectivity index (χ4v) is 9.96. The Kier molecular flexibility index (Phi) is 5.97. The molecule has 6 heteroatoms. The van der Waals surface area contributed by atoms with E-state index in [1.54, 1.807) is 6.56 Å². The molecular weight excluding hydrogens is 570 g/mol. The molecule has 0 N–H and O–H groups in total. The van der Waals surface area contributed by atoms with E-state index in [9.17, 15) is 0 Å². The van der Waals surface area contributed by atoms with E-state index in [4.69, 9.17) is 0 Å². The number of benzene rings is 2. The molecule has 3 aliphatic rings. The van der Waals surface area contributed by atoms with Gasteiger partial charge < -0.3 is 24.8 Å². The van der Waals surface area contributed by atoms with Gasteiger partial charge >= 0.3 is 164 Å². The maximum absolute atomic E-state index is 3.93. The van der Waals surface area contributed by atoms with Crippen LogP contribution in [-0.4, -0.2) is 0 Å². The van der Waals surface area contributed by atoms with Crippen molar-refractivity contribution < 1.29 is 48.0 Å². The molecule has 1 aliphatic heterocycles. The molecule has 24 heavy (non-hydrogen) atoms. The maximum atomic E-state index is 3.93. The number of hydrogen-bond acceptors (Lipinski definition) is 1. The third-order valence-corrected chi connectivity index (χ3v) is 12.9. The van der Waals surface area contributed by atoms with Crippen LogP contribution in [0.4, 0.5) is 0 Å². The van der Waals surface area contributed by atoms with E-state index in [0.29, 0.717) is 9.65 Å². The minimum atomic E-state index is -0.755. The zero-order valence-corrected chi connectivity index (χ0v) is 20.2. The molecule has 0 nitrogen and oxygen atoms in total. The molecule has 2 aromatic carbocycles. The van der Waals surface area contributed by atoms with Crippen molar-refractivity contribution in [2.24, 2.45) is 0 Å². The van der Waals surface area contributed by atoms with Gasteiger partial charge in [-0.05, 0) is 0 Å². The van der Waals surface area contributed by atoms with Gasteiger partial charge in [0.2, 0.25) is 0 Å². The van der Waals surface area contributed by atoms with Crippen LogP contribution in [0, 0.1) is 0 Å². The van der Waals surface area contributed by atoms with Crippen molar-refractivity contribution in [2.75, 3.05) is 0 Å². The second-order valence-electron chi connectivity index (χ2n) is 5.73. The first-order valence-corrected chi connectivity index (χ1v) is 12.2. The maximum Gasteiger partial charge on any atom is -1.00 e. The largest absolute Gasteiger partial charge is 1.00 e. The third-order valence-electron chi connectivity index (χ3n) is 4.36. The van der Waals surface area contributed by atoms with E-state index in [1.165, 1.54) is 32.0 Å². The van der Waals surface area contributed by atoms with Gasteiger partial charge in [-0.1, -0.05) is 0 Å². The molecule has 2 unspecified atom stereocenters. The predicted molar refractivity (Wildman–Crippen MR) is 96.3 cm³/mol. The molecule has 0 radical (unpaired) electrons. The molecule has 2 atom stereocenters. The summed E-state index contributed by atoms with van der Waals surface area (Å²) < 4.78 is 3.26. The Hall–Kier alpha value is 0.693. The number of fused-ring (bicyclic) bond motifs is 2. The Morgan fingerprint density at radius 3 is 1.67 bits per heavy atom. The molecule has 0 saturated heterocycles. The van der Waals surface area contributed by atoms with Gasteiger partial charge in [-0.3, -0.25) is 0 Å². The first kappa shape index (κ1) is 19.5. The summed E-state index contributed by atoms with van der Waals surface area (Å²) in [7, 11) is 0. The van der Waals surface area contributed by atoms with Crippen LogP contribution in [0.5, 0.6) is 0 Å². The molecule has 2 aromatic rings. The van der Waals surface area contributed by atoms with Gasteiger partial charge in [-0.15, -0.1) is 0 Å². The molecule has 0 saturated carbocycles. The molecule has 1 heterocycles. The SMILES string of the molecule is BrC1[C]2=Cc3cc(ccc31)Sc1ccc3c(c1)C=[C]([Zr+2]2)C3Br.[Cl-].[Cl-]. The first-order valence-electron chi connectivity index (χ1n) is 7.13. The first-order chi connectivity index (χ1) is 10.7. The predicted octanol–water partition coefficient (Wildman–Crippen LogP) is 0.523. The average molecular weight is 580 g/mol. The van der Waals surface area contributed by atoms with Crippen molar-refractivity contribution in [3.05, 3.63) is 65.2 Å². The van der Waals surface area contributed by atoms with Gasteiger partial charge in [-0.2, -0.15) is 0 Å². The van der Waals surface area contributed by atoms with Gasteiger partial charge in [0.25, 0.3) is 0 Å². The van der Waals surface area contributed by atoms with E-state index in [-0.39, 0.29) is 24.8 Å². The standard InChI is InChI=1S/C18H10Br2S.2ClH.Zr/c19-17-7-1-11-9-13(3-5-15(11)17)21-14-4-6-16-12(10-14)2-8-18(16)20;;;/h1-6,9-10,17-18H;2*1H;/q;;;+2/p-2. The summed E-state index contributed by atoms with van der Waals surface area (Å²) in [6.07, 6.45) is 4.89. The normalized spacial score (nSPS) is 21.4. The van der Waals surface area contributed by atoms with Crippen LogP contribution in [0.3, 0.4) is 0 Å². The summed E-state index contributed by atoms with van der Waals surface area (Å²) in [6.45, 7) is 0. The summed E-state index contributed by atoms with van der Waals surface area (Å²) in [5, 5.41) is 0. The average Bonchev–Trinajstić information content (AvgIpc) is 2.98. The number of halogens is 4. The molecule has 6 bridgehead atoms. The Balaban J connectivity index is 0.000000845. The summed E-state index contributed by atoms with van der Waals surface area (Å²) in [5.41, 5.74) is 5.69. The van der Waals surface area contributed by atoms with E-state index in [1.807, 2.05) is 11.8 Å². The van der Waals surface area contributed by atoms with Crippen LogP contribution in [0.15, 0.2) is 52.8 Å². The Morgan fingerprint density at radius 1 is 0.750 bits per heavy atom.